The van der Waals surface area contributed by atoms with Crippen molar-refractivity contribution in [1.29, 1.82) is 0 Å². The van der Waals surface area contributed by atoms with E-state index in [9.17, 15) is 9.90 Å². The van der Waals surface area contributed by atoms with E-state index in [4.69, 9.17) is 16.3 Å². The fourth-order valence-electron chi connectivity index (χ4n) is 2.83. The van der Waals surface area contributed by atoms with Gasteiger partial charge in [0.1, 0.15) is 0 Å². The second kappa shape index (κ2) is 6.53. The van der Waals surface area contributed by atoms with Crippen LogP contribution in [0.4, 0.5) is 0 Å². The van der Waals surface area contributed by atoms with Gasteiger partial charge in [-0.2, -0.15) is 5.10 Å². The number of carbonyl (C=O) groups is 1. The third-order valence-corrected chi connectivity index (χ3v) is 4.34. The van der Waals surface area contributed by atoms with E-state index in [0.717, 1.165) is 16.8 Å². The lowest BCUT2D eigenvalue weighted by Crippen LogP contribution is -2.24. The van der Waals surface area contributed by atoms with Gasteiger partial charge in [-0.3, -0.25) is 4.79 Å². The number of hydrogen-bond acceptors (Lipinski definition) is 4. The number of carbonyl (C=O) groups excluding carboxylic acids is 1. The highest BCUT2D eigenvalue weighted by molar-refractivity contribution is 6.34. The molecule has 0 aromatic heterocycles. The molecular weight excluding hydrogens is 328 g/mol. The van der Waals surface area contributed by atoms with Crippen LogP contribution in [0.2, 0.25) is 5.02 Å². The molecule has 1 aliphatic heterocycles. The Balaban J connectivity index is 1.97. The zero-order valence-corrected chi connectivity index (χ0v) is 14.1. The van der Waals surface area contributed by atoms with E-state index in [1.54, 1.807) is 18.2 Å². The fourth-order valence-corrected chi connectivity index (χ4v) is 3.08. The molecule has 0 fully saturated rings. The number of ether oxygens (including phenoxy) is 1. The quantitative estimate of drug-likeness (QED) is 0.922. The first kappa shape index (κ1) is 16.3. The first-order chi connectivity index (χ1) is 11.5. The minimum atomic E-state index is -0.287. The normalized spacial score (nSPS) is 16.9. The van der Waals surface area contributed by atoms with Gasteiger partial charge in [-0.25, -0.2) is 5.01 Å². The second-order valence-corrected chi connectivity index (χ2v) is 5.95. The number of hydrogen-bond donors (Lipinski definition) is 1. The lowest BCUT2D eigenvalue weighted by atomic mass is 9.98. The summed E-state index contributed by atoms with van der Waals surface area (Å²) >= 11 is 6.25. The summed E-state index contributed by atoms with van der Waals surface area (Å²) in [4.78, 5) is 12.0. The zero-order chi connectivity index (χ0) is 17.3. The Morgan fingerprint density at radius 2 is 2.08 bits per heavy atom. The van der Waals surface area contributed by atoms with Gasteiger partial charge in [0.2, 0.25) is 5.91 Å². The zero-order valence-electron chi connectivity index (χ0n) is 13.4. The Labute approximate surface area is 145 Å². The van der Waals surface area contributed by atoms with Gasteiger partial charge in [-0.1, -0.05) is 35.9 Å². The number of amides is 1. The molecule has 5 nitrogen and oxygen atoms in total. The van der Waals surface area contributed by atoms with Crippen molar-refractivity contribution >= 4 is 23.2 Å². The van der Waals surface area contributed by atoms with Gasteiger partial charge in [-0.15, -0.1) is 0 Å². The van der Waals surface area contributed by atoms with Gasteiger partial charge in [-0.05, 0) is 23.8 Å². The molecule has 0 saturated carbocycles. The smallest absolute Gasteiger partial charge is 0.240 e. The van der Waals surface area contributed by atoms with Crippen molar-refractivity contribution in [2.24, 2.45) is 5.10 Å². The molecule has 6 heteroatoms. The maximum atomic E-state index is 12.0. The van der Waals surface area contributed by atoms with Gasteiger partial charge in [0.05, 0.1) is 18.9 Å². The fraction of sp³-hybridized carbons (Fsp3) is 0.222. The summed E-state index contributed by atoms with van der Waals surface area (Å²) in [5.41, 5.74) is 2.34. The van der Waals surface area contributed by atoms with E-state index >= 15 is 0 Å². The Morgan fingerprint density at radius 3 is 2.71 bits per heavy atom. The predicted molar refractivity (Wildman–Crippen MR) is 92.5 cm³/mol. The summed E-state index contributed by atoms with van der Waals surface area (Å²) in [6.07, 6.45) is 0.523. The third-order valence-electron chi connectivity index (χ3n) is 4.01. The highest BCUT2D eigenvalue weighted by Gasteiger charge is 2.32. The maximum absolute atomic E-state index is 12.0. The van der Waals surface area contributed by atoms with E-state index in [-0.39, 0.29) is 17.7 Å². The molecule has 3 rings (SSSR count). The van der Waals surface area contributed by atoms with Crippen molar-refractivity contribution in [3.63, 3.8) is 0 Å². The van der Waals surface area contributed by atoms with Crippen molar-refractivity contribution in [3.05, 3.63) is 58.6 Å². The first-order valence-electron chi connectivity index (χ1n) is 7.50. The molecule has 1 N–H and O–H groups in total. The Bertz CT molecular complexity index is 820. The van der Waals surface area contributed by atoms with E-state index in [0.29, 0.717) is 17.2 Å². The number of phenolic OH excluding ortho intramolecular Hbond substituents is 1. The number of benzene rings is 2. The molecule has 0 spiro atoms. The first-order valence-corrected chi connectivity index (χ1v) is 7.88. The standard InChI is InChI=1S/C18H17ClN2O3/c1-11(22)21-16(12-7-8-18(24-2)17(23)9-12)10-15(20-21)13-5-3-4-6-14(13)19/h3-9,16,23H,10H2,1-2H3. The predicted octanol–water partition coefficient (Wildman–Crippen LogP) is 3.75. The van der Waals surface area contributed by atoms with Crippen molar-refractivity contribution in [2.45, 2.75) is 19.4 Å². The van der Waals surface area contributed by atoms with Crippen molar-refractivity contribution in [2.75, 3.05) is 7.11 Å². The third kappa shape index (κ3) is 2.95. The largest absolute Gasteiger partial charge is 0.504 e. The van der Waals surface area contributed by atoms with Gasteiger partial charge in [0.15, 0.2) is 11.5 Å². The molecule has 1 atom stereocenters. The highest BCUT2D eigenvalue weighted by Crippen LogP contribution is 2.37. The van der Waals surface area contributed by atoms with E-state index in [2.05, 4.69) is 5.10 Å². The summed E-state index contributed by atoms with van der Waals surface area (Å²) in [5, 5.41) is 16.5. The Hall–Kier alpha value is -2.53. The molecule has 0 bridgehead atoms. The Kier molecular flexibility index (Phi) is 4.44. The summed E-state index contributed by atoms with van der Waals surface area (Å²) in [6, 6.07) is 12.2. The molecule has 1 amide bonds. The van der Waals surface area contributed by atoms with E-state index in [1.807, 2.05) is 24.3 Å². The number of nitrogens with zero attached hydrogens (tertiary/aromatic N) is 2. The monoisotopic (exact) mass is 344 g/mol. The van der Waals surface area contributed by atoms with Crippen LogP contribution in [0.5, 0.6) is 11.5 Å². The summed E-state index contributed by atoms with van der Waals surface area (Å²) < 4.78 is 5.07. The van der Waals surface area contributed by atoms with Crippen LogP contribution in [0.3, 0.4) is 0 Å². The number of halogens is 1. The van der Waals surface area contributed by atoms with Crippen molar-refractivity contribution < 1.29 is 14.6 Å². The van der Waals surface area contributed by atoms with Crippen LogP contribution < -0.4 is 4.74 Å². The van der Waals surface area contributed by atoms with Crippen molar-refractivity contribution in [3.8, 4) is 11.5 Å². The van der Waals surface area contributed by atoms with Crippen LogP contribution in [-0.2, 0) is 4.79 Å². The average Bonchev–Trinajstić information content (AvgIpc) is 3.00. The van der Waals surface area contributed by atoms with Crippen molar-refractivity contribution in [1.82, 2.24) is 5.01 Å². The number of rotatable bonds is 3. The van der Waals surface area contributed by atoms with Gasteiger partial charge in [0.25, 0.3) is 0 Å². The second-order valence-electron chi connectivity index (χ2n) is 5.54. The molecule has 24 heavy (non-hydrogen) atoms. The molecule has 2 aromatic rings. The molecular formula is C18H17ClN2O3. The SMILES string of the molecule is COc1ccc(C2CC(c3ccccc3Cl)=NN2C(C)=O)cc1O. The van der Waals surface area contributed by atoms with Crippen LogP contribution >= 0.6 is 11.6 Å². The molecule has 1 unspecified atom stereocenters. The molecule has 1 heterocycles. The topological polar surface area (TPSA) is 62.1 Å². The molecule has 2 aromatic carbocycles. The molecule has 1 aliphatic rings. The summed E-state index contributed by atoms with van der Waals surface area (Å²) in [6.45, 7) is 1.47. The van der Waals surface area contributed by atoms with Crippen LogP contribution in [0.25, 0.3) is 0 Å². The maximum Gasteiger partial charge on any atom is 0.240 e. The number of aromatic hydroxyl groups is 1. The molecule has 0 radical (unpaired) electrons. The minimum absolute atomic E-state index is 0.0321. The minimum Gasteiger partial charge on any atom is -0.504 e. The molecule has 124 valence electrons. The highest BCUT2D eigenvalue weighted by atomic mass is 35.5. The van der Waals surface area contributed by atoms with Crippen LogP contribution in [0.1, 0.15) is 30.5 Å². The Morgan fingerprint density at radius 1 is 1.33 bits per heavy atom. The molecule has 0 saturated heterocycles. The van der Waals surface area contributed by atoms with Gasteiger partial charge < -0.3 is 9.84 Å². The number of methoxy groups -OCH3 is 1. The van der Waals surface area contributed by atoms with E-state index in [1.165, 1.54) is 19.0 Å². The average molecular weight is 345 g/mol. The van der Waals surface area contributed by atoms with Crippen LogP contribution in [0.15, 0.2) is 47.6 Å². The van der Waals surface area contributed by atoms with Gasteiger partial charge in [0, 0.05) is 23.9 Å². The lowest BCUT2D eigenvalue weighted by molar-refractivity contribution is -0.130. The number of phenols is 1. The summed E-state index contributed by atoms with van der Waals surface area (Å²) in [5.74, 6) is 0.250. The van der Waals surface area contributed by atoms with Crippen LogP contribution in [0, 0.1) is 0 Å². The van der Waals surface area contributed by atoms with Crippen LogP contribution in [-0.4, -0.2) is 28.8 Å². The van der Waals surface area contributed by atoms with Gasteiger partial charge >= 0.3 is 0 Å². The lowest BCUT2D eigenvalue weighted by Gasteiger charge is -2.21. The summed E-state index contributed by atoms with van der Waals surface area (Å²) in [7, 11) is 1.49. The number of hydrazone groups is 1. The van der Waals surface area contributed by atoms with E-state index < -0.39 is 0 Å². The molecule has 0 aliphatic carbocycles.